The molecule has 0 amide bonds. The molecule has 1 saturated heterocycles. The highest BCUT2D eigenvalue weighted by Gasteiger charge is 2.16. The van der Waals surface area contributed by atoms with Crippen LogP contribution < -0.4 is 15.4 Å². The van der Waals surface area contributed by atoms with Crippen molar-refractivity contribution in [1.82, 2.24) is 20.2 Å². The van der Waals surface area contributed by atoms with E-state index in [1.165, 1.54) is 18.5 Å². The second-order valence-corrected chi connectivity index (χ2v) is 9.44. The lowest BCUT2D eigenvalue weighted by Gasteiger charge is -2.28. The van der Waals surface area contributed by atoms with Gasteiger partial charge in [-0.05, 0) is 45.0 Å². The van der Waals surface area contributed by atoms with Gasteiger partial charge < -0.3 is 20.1 Å². The zero-order valence-corrected chi connectivity index (χ0v) is 21.6. The highest BCUT2D eigenvalue weighted by atomic mass is 35.5. The minimum Gasteiger partial charge on any atom is -0.492 e. The molecule has 0 aliphatic carbocycles. The van der Waals surface area contributed by atoms with Gasteiger partial charge in [-0.25, -0.2) is 14.4 Å². The first-order valence-electron chi connectivity index (χ1n) is 12.1. The average molecular weight is 512 g/mol. The minimum absolute atomic E-state index is 0.0342. The van der Waals surface area contributed by atoms with Crippen molar-refractivity contribution in [2.24, 2.45) is 0 Å². The van der Waals surface area contributed by atoms with Crippen LogP contribution in [0.3, 0.4) is 0 Å². The molecule has 4 rings (SSSR count). The van der Waals surface area contributed by atoms with Crippen LogP contribution >= 0.6 is 11.6 Å². The van der Waals surface area contributed by atoms with Gasteiger partial charge in [-0.3, -0.25) is 4.90 Å². The molecule has 3 aromatic rings. The maximum absolute atomic E-state index is 13.6. The molecular weight excluding hydrogens is 481 g/mol. The second kappa shape index (κ2) is 11.8. The van der Waals surface area contributed by atoms with Crippen LogP contribution in [0.1, 0.15) is 26.3 Å². The van der Waals surface area contributed by atoms with Crippen LogP contribution in [0.25, 0.3) is 10.9 Å². The molecule has 7 nitrogen and oxygen atoms in total. The normalized spacial score (nSPS) is 14.4. The first kappa shape index (κ1) is 26.1. The molecule has 2 heterocycles. The Bertz CT molecular complexity index is 1270. The van der Waals surface area contributed by atoms with E-state index >= 15 is 0 Å². The summed E-state index contributed by atoms with van der Waals surface area (Å²) in [4.78, 5) is 11.2. The summed E-state index contributed by atoms with van der Waals surface area (Å²) in [6, 6.07) is 8.23. The number of nitrogens with one attached hydrogen (secondary N) is 2. The van der Waals surface area contributed by atoms with E-state index in [2.05, 4.69) is 51.2 Å². The van der Waals surface area contributed by atoms with Gasteiger partial charge in [0.25, 0.3) is 0 Å². The third kappa shape index (κ3) is 6.83. The smallest absolute Gasteiger partial charge is 0.141 e. The van der Waals surface area contributed by atoms with Crippen molar-refractivity contribution in [1.29, 1.82) is 0 Å². The van der Waals surface area contributed by atoms with Gasteiger partial charge in [0, 0.05) is 43.3 Å². The van der Waals surface area contributed by atoms with Gasteiger partial charge >= 0.3 is 0 Å². The molecule has 0 unspecified atom stereocenters. The molecule has 2 N–H and O–H groups in total. The SMILES string of the molecule is CCOc1cc2ncnc(Nc3ccc(F)c(Cl)c3)c2cc1C#CC(C)(C)NCCN1CCOCC1. The number of hydrogen-bond acceptors (Lipinski definition) is 7. The van der Waals surface area contributed by atoms with E-state index < -0.39 is 11.4 Å². The number of nitrogens with zero attached hydrogens (tertiary/aromatic N) is 3. The number of fused-ring (bicyclic) bond motifs is 1. The van der Waals surface area contributed by atoms with Gasteiger partial charge in [0.15, 0.2) is 0 Å². The summed E-state index contributed by atoms with van der Waals surface area (Å²) in [6.07, 6.45) is 1.47. The first-order chi connectivity index (χ1) is 17.3. The Morgan fingerprint density at radius 2 is 2.00 bits per heavy atom. The third-order valence-corrected chi connectivity index (χ3v) is 6.12. The van der Waals surface area contributed by atoms with E-state index in [9.17, 15) is 4.39 Å². The predicted octanol–water partition coefficient (Wildman–Crippen LogP) is 4.62. The predicted molar refractivity (Wildman–Crippen MR) is 142 cm³/mol. The van der Waals surface area contributed by atoms with Gasteiger partial charge in [-0.2, -0.15) is 0 Å². The summed E-state index contributed by atoms with van der Waals surface area (Å²) in [7, 11) is 0. The van der Waals surface area contributed by atoms with Crippen LogP contribution in [0.2, 0.25) is 5.02 Å². The number of benzene rings is 2. The van der Waals surface area contributed by atoms with E-state index in [1.54, 1.807) is 6.07 Å². The summed E-state index contributed by atoms with van der Waals surface area (Å²) in [5, 5.41) is 7.55. The number of halogens is 2. The van der Waals surface area contributed by atoms with Crippen LogP contribution in [-0.4, -0.2) is 66.4 Å². The van der Waals surface area contributed by atoms with Crippen molar-refractivity contribution < 1.29 is 13.9 Å². The number of ether oxygens (including phenoxy) is 2. The Kier molecular flexibility index (Phi) is 8.60. The number of rotatable bonds is 8. The fraction of sp³-hybridized carbons (Fsp3) is 0.407. The topological polar surface area (TPSA) is 71.5 Å². The standard InChI is InChI=1S/C27H31ClFN5O2/c1-4-36-25-17-24-21(26(31-18-30-24)33-20-5-6-23(29)22(28)16-20)15-19(25)7-8-27(2,3)32-9-10-34-11-13-35-14-12-34/h5-6,15-18,32H,4,9-14H2,1-3H3,(H,30,31,33). The molecule has 36 heavy (non-hydrogen) atoms. The fourth-order valence-electron chi connectivity index (χ4n) is 3.89. The Balaban J connectivity index is 1.58. The Morgan fingerprint density at radius 3 is 2.75 bits per heavy atom. The van der Waals surface area contributed by atoms with Crippen LogP contribution in [0.15, 0.2) is 36.7 Å². The number of aromatic nitrogens is 2. The van der Waals surface area contributed by atoms with Crippen LogP contribution in [0.5, 0.6) is 5.75 Å². The Hall–Kier alpha value is -2.96. The van der Waals surface area contributed by atoms with E-state index in [0.717, 1.165) is 50.3 Å². The maximum Gasteiger partial charge on any atom is 0.141 e. The van der Waals surface area contributed by atoms with E-state index in [-0.39, 0.29) is 5.02 Å². The summed E-state index contributed by atoms with van der Waals surface area (Å²) in [5.41, 5.74) is 1.66. The number of anilines is 2. The zero-order valence-electron chi connectivity index (χ0n) is 20.8. The molecule has 0 spiro atoms. The van der Waals surface area contributed by atoms with Crippen molar-refractivity contribution in [2.45, 2.75) is 26.3 Å². The maximum atomic E-state index is 13.6. The lowest BCUT2D eigenvalue weighted by Crippen LogP contribution is -2.45. The highest BCUT2D eigenvalue weighted by Crippen LogP contribution is 2.30. The van der Waals surface area contributed by atoms with Gasteiger partial charge in [-0.1, -0.05) is 23.4 Å². The van der Waals surface area contributed by atoms with E-state index in [0.29, 0.717) is 29.4 Å². The summed E-state index contributed by atoms with van der Waals surface area (Å²) < 4.78 is 24.9. The molecule has 1 aliphatic rings. The lowest BCUT2D eigenvalue weighted by atomic mass is 10.0. The van der Waals surface area contributed by atoms with Gasteiger partial charge in [0.1, 0.15) is 23.7 Å². The molecule has 1 aromatic heterocycles. The molecular formula is C27H31ClFN5O2. The van der Waals surface area contributed by atoms with Gasteiger partial charge in [0.05, 0.1) is 41.5 Å². The molecule has 2 aromatic carbocycles. The third-order valence-electron chi connectivity index (χ3n) is 5.83. The van der Waals surface area contributed by atoms with Crippen LogP contribution in [0, 0.1) is 17.7 Å². The fourth-order valence-corrected chi connectivity index (χ4v) is 4.07. The molecule has 1 fully saturated rings. The molecule has 190 valence electrons. The summed E-state index contributed by atoms with van der Waals surface area (Å²) in [6.45, 7) is 11.9. The number of hydrogen-bond donors (Lipinski definition) is 2. The molecule has 1 aliphatic heterocycles. The average Bonchev–Trinajstić information content (AvgIpc) is 2.86. The monoisotopic (exact) mass is 511 g/mol. The van der Waals surface area contributed by atoms with Gasteiger partial charge in [0.2, 0.25) is 0 Å². The Morgan fingerprint density at radius 1 is 1.19 bits per heavy atom. The highest BCUT2D eigenvalue weighted by molar-refractivity contribution is 6.31. The van der Waals surface area contributed by atoms with Crippen molar-refractivity contribution in [3.63, 3.8) is 0 Å². The molecule has 0 saturated carbocycles. The molecule has 0 radical (unpaired) electrons. The molecule has 9 heteroatoms. The van der Waals surface area contributed by atoms with Crippen LogP contribution in [0.4, 0.5) is 15.9 Å². The zero-order chi connectivity index (χ0) is 25.5. The van der Waals surface area contributed by atoms with Crippen molar-refractivity contribution in [3.8, 4) is 17.6 Å². The lowest BCUT2D eigenvalue weighted by molar-refractivity contribution is 0.0380. The summed E-state index contributed by atoms with van der Waals surface area (Å²) in [5.74, 6) is 7.41. The minimum atomic E-state index is -0.477. The Labute approximate surface area is 216 Å². The van der Waals surface area contributed by atoms with Crippen molar-refractivity contribution >= 4 is 34.0 Å². The van der Waals surface area contributed by atoms with Crippen molar-refractivity contribution in [2.75, 3.05) is 51.3 Å². The summed E-state index contributed by atoms with van der Waals surface area (Å²) >= 11 is 5.95. The second-order valence-electron chi connectivity index (χ2n) is 9.03. The quantitative estimate of drug-likeness (QED) is 0.428. The van der Waals surface area contributed by atoms with Gasteiger partial charge in [-0.15, -0.1) is 0 Å². The van der Waals surface area contributed by atoms with E-state index in [1.807, 2.05) is 19.1 Å². The van der Waals surface area contributed by atoms with Crippen molar-refractivity contribution in [3.05, 3.63) is 53.1 Å². The first-order valence-corrected chi connectivity index (χ1v) is 12.4. The van der Waals surface area contributed by atoms with E-state index in [4.69, 9.17) is 21.1 Å². The number of morpholine rings is 1. The molecule has 0 bridgehead atoms. The largest absolute Gasteiger partial charge is 0.492 e. The molecule has 0 atom stereocenters. The van der Waals surface area contributed by atoms with Crippen LogP contribution in [-0.2, 0) is 4.74 Å².